The second-order valence-electron chi connectivity index (χ2n) is 5.11. The van der Waals surface area contributed by atoms with Crippen molar-refractivity contribution in [2.45, 2.75) is 46.2 Å². The smallest absolute Gasteiger partial charge is 0.315 e. The van der Waals surface area contributed by atoms with Gasteiger partial charge in [-0.2, -0.15) is 0 Å². The van der Waals surface area contributed by atoms with Crippen molar-refractivity contribution >= 4 is 6.01 Å². The summed E-state index contributed by atoms with van der Waals surface area (Å²) in [6, 6.07) is 0.684. The summed E-state index contributed by atoms with van der Waals surface area (Å²) in [5.74, 6) is 1.21. The fourth-order valence-electron chi connectivity index (χ4n) is 1.77. The number of hydrogen-bond acceptors (Lipinski definition) is 6. The van der Waals surface area contributed by atoms with Crippen LogP contribution in [0.5, 0.6) is 0 Å². The quantitative estimate of drug-likeness (QED) is 0.678. The lowest BCUT2D eigenvalue weighted by atomic mass is 10.2. The predicted molar refractivity (Wildman–Crippen MR) is 75.0 cm³/mol. The number of hydrogen-bond donors (Lipinski definition) is 2. The van der Waals surface area contributed by atoms with Gasteiger partial charge in [-0.1, -0.05) is 32.3 Å². The molecule has 6 nitrogen and oxygen atoms in total. The maximum atomic E-state index is 5.54. The summed E-state index contributed by atoms with van der Waals surface area (Å²) in [4.78, 5) is 0. The number of methoxy groups -OCH3 is 1. The van der Waals surface area contributed by atoms with Crippen molar-refractivity contribution in [3.05, 3.63) is 5.89 Å². The molecule has 0 radical (unpaired) electrons. The molecule has 0 aliphatic carbocycles. The van der Waals surface area contributed by atoms with Gasteiger partial charge in [0.15, 0.2) is 0 Å². The highest BCUT2D eigenvalue weighted by Crippen LogP contribution is 2.10. The molecule has 1 aromatic rings. The molecule has 1 unspecified atom stereocenters. The Labute approximate surface area is 115 Å². The molecular weight excluding hydrogens is 244 g/mol. The molecule has 2 N–H and O–H groups in total. The first-order chi connectivity index (χ1) is 9.15. The SMILES string of the molecule is CCCC(COC)Nc1nnc(CNCC(C)C)o1. The van der Waals surface area contributed by atoms with Crippen molar-refractivity contribution in [1.82, 2.24) is 15.5 Å². The maximum Gasteiger partial charge on any atom is 0.315 e. The summed E-state index contributed by atoms with van der Waals surface area (Å²) in [6.45, 7) is 8.64. The van der Waals surface area contributed by atoms with E-state index in [2.05, 4.69) is 41.6 Å². The molecule has 1 rings (SSSR count). The molecule has 6 heteroatoms. The number of aromatic nitrogens is 2. The van der Waals surface area contributed by atoms with Crippen molar-refractivity contribution in [1.29, 1.82) is 0 Å². The molecule has 0 aromatic carbocycles. The van der Waals surface area contributed by atoms with E-state index in [1.165, 1.54) is 0 Å². The topological polar surface area (TPSA) is 72.2 Å². The van der Waals surface area contributed by atoms with Gasteiger partial charge in [-0.05, 0) is 18.9 Å². The van der Waals surface area contributed by atoms with Crippen LogP contribution in [0.25, 0.3) is 0 Å². The van der Waals surface area contributed by atoms with E-state index < -0.39 is 0 Å². The summed E-state index contributed by atoms with van der Waals surface area (Å²) in [7, 11) is 1.69. The van der Waals surface area contributed by atoms with Crippen LogP contribution in [0.4, 0.5) is 6.01 Å². The van der Waals surface area contributed by atoms with Gasteiger partial charge in [0.1, 0.15) is 0 Å². The van der Waals surface area contributed by atoms with Gasteiger partial charge in [0, 0.05) is 7.11 Å². The predicted octanol–water partition coefficient (Wildman–Crippen LogP) is 2.04. The van der Waals surface area contributed by atoms with E-state index in [9.17, 15) is 0 Å². The number of nitrogens with zero attached hydrogens (tertiary/aromatic N) is 2. The van der Waals surface area contributed by atoms with E-state index in [4.69, 9.17) is 9.15 Å². The zero-order valence-electron chi connectivity index (χ0n) is 12.4. The lowest BCUT2D eigenvalue weighted by molar-refractivity contribution is 0.181. The summed E-state index contributed by atoms with van der Waals surface area (Å²) in [6.07, 6.45) is 2.09. The van der Waals surface area contributed by atoms with Gasteiger partial charge in [0.25, 0.3) is 0 Å². The van der Waals surface area contributed by atoms with Crippen LogP contribution < -0.4 is 10.6 Å². The third kappa shape index (κ3) is 6.54. The highest BCUT2D eigenvalue weighted by atomic mass is 16.5. The summed E-state index contributed by atoms with van der Waals surface area (Å²) in [5, 5.41) is 14.5. The highest BCUT2D eigenvalue weighted by molar-refractivity contribution is 5.19. The van der Waals surface area contributed by atoms with E-state index in [0.717, 1.165) is 19.4 Å². The molecule has 0 spiro atoms. The molecule has 0 bridgehead atoms. The van der Waals surface area contributed by atoms with Crippen LogP contribution in [-0.2, 0) is 11.3 Å². The third-order valence-corrected chi connectivity index (χ3v) is 2.63. The van der Waals surface area contributed by atoms with Crippen molar-refractivity contribution < 1.29 is 9.15 Å². The summed E-state index contributed by atoms with van der Waals surface area (Å²) < 4.78 is 10.7. The molecule has 1 atom stereocenters. The van der Waals surface area contributed by atoms with Crippen LogP contribution in [0.2, 0.25) is 0 Å². The van der Waals surface area contributed by atoms with Crippen LogP contribution in [-0.4, -0.2) is 36.5 Å². The Bertz CT molecular complexity index is 335. The third-order valence-electron chi connectivity index (χ3n) is 2.63. The standard InChI is InChI=1S/C13H26N4O2/c1-5-6-11(9-18-4)15-13-17-16-12(19-13)8-14-7-10(2)3/h10-11,14H,5-9H2,1-4H3,(H,15,17). The minimum Gasteiger partial charge on any atom is -0.407 e. The van der Waals surface area contributed by atoms with Crippen LogP contribution in [0.1, 0.15) is 39.5 Å². The number of anilines is 1. The molecule has 0 amide bonds. The first-order valence-corrected chi connectivity index (χ1v) is 6.94. The van der Waals surface area contributed by atoms with Gasteiger partial charge >= 0.3 is 6.01 Å². The number of nitrogens with one attached hydrogen (secondary N) is 2. The van der Waals surface area contributed by atoms with Gasteiger partial charge in [-0.3, -0.25) is 0 Å². The van der Waals surface area contributed by atoms with Gasteiger partial charge in [0.05, 0.1) is 19.2 Å². The van der Waals surface area contributed by atoms with Crippen molar-refractivity contribution in [2.75, 3.05) is 25.6 Å². The van der Waals surface area contributed by atoms with Crippen molar-refractivity contribution in [3.63, 3.8) is 0 Å². The second-order valence-corrected chi connectivity index (χ2v) is 5.11. The summed E-state index contributed by atoms with van der Waals surface area (Å²) in [5.41, 5.74) is 0. The zero-order valence-corrected chi connectivity index (χ0v) is 12.4. The van der Waals surface area contributed by atoms with E-state index in [1.807, 2.05) is 0 Å². The Morgan fingerprint density at radius 3 is 2.74 bits per heavy atom. The van der Waals surface area contributed by atoms with Crippen molar-refractivity contribution in [2.24, 2.45) is 5.92 Å². The minimum absolute atomic E-state index is 0.215. The average molecular weight is 270 g/mol. The van der Waals surface area contributed by atoms with E-state index in [0.29, 0.717) is 31.0 Å². The highest BCUT2D eigenvalue weighted by Gasteiger charge is 2.12. The largest absolute Gasteiger partial charge is 0.407 e. The first kappa shape index (κ1) is 15.9. The molecule has 1 heterocycles. The Morgan fingerprint density at radius 2 is 2.11 bits per heavy atom. The second kappa shape index (κ2) is 8.87. The van der Waals surface area contributed by atoms with Crippen LogP contribution in [0, 0.1) is 5.92 Å². The Morgan fingerprint density at radius 1 is 1.32 bits per heavy atom. The minimum atomic E-state index is 0.215. The van der Waals surface area contributed by atoms with E-state index in [1.54, 1.807) is 7.11 Å². The normalized spacial score (nSPS) is 12.9. The van der Waals surface area contributed by atoms with Crippen LogP contribution in [0.3, 0.4) is 0 Å². The van der Waals surface area contributed by atoms with Gasteiger partial charge in [-0.15, -0.1) is 5.10 Å². The summed E-state index contributed by atoms with van der Waals surface area (Å²) >= 11 is 0. The molecule has 0 aliphatic heterocycles. The Balaban J connectivity index is 2.39. The Hall–Kier alpha value is -1.14. The lowest BCUT2D eigenvalue weighted by Crippen LogP contribution is -2.24. The van der Waals surface area contributed by atoms with Gasteiger partial charge in [0.2, 0.25) is 5.89 Å². The fraction of sp³-hybridized carbons (Fsp3) is 0.846. The molecule has 0 fully saturated rings. The zero-order chi connectivity index (χ0) is 14.1. The number of ether oxygens (including phenoxy) is 1. The van der Waals surface area contributed by atoms with E-state index >= 15 is 0 Å². The Kier molecular flexibility index (Phi) is 7.43. The molecule has 1 aromatic heterocycles. The molecule has 110 valence electrons. The van der Waals surface area contributed by atoms with Crippen LogP contribution in [0.15, 0.2) is 4.42 Å². The number of rotatable bonds is 10. The first-order valence-electron chi connectivity index (χ1n) is 6.94. The van der Waals surface area contributed by atoms with Gasteiger partial charge in [-0.25, -0.2) is 0 Å². The fourth-order valence-corrected chi connectivity index (χ4v) is 1.77. The average Bonchev–Trinajstić information content (AvgIpc) is 2.77. The molecule has 0 saturated carbocycles. The molecule has 0 saturated heterocycles. The van der Waals surface area contributed by atoms with Crippen molar-refractivity contribution in [3.8, 4) is 0 Å². The lowest BCUT2D eigenvalue weighted by Gasteiger charge is -2.14. The van der Waals surface area contributed by atoms with Gasteiger partial charge < -0.3 is 19.8 Å². The maximum absolute atomic E-state index is 5.54. The molecular formula is C13H26N4O2. The molecule has 0 aliphatic rings. The molecule has 19 heavy (non-hydrogen) atoms. The van der Waals surface area contributed by atoms with E-state index in [-0.39, 0.29) is 6.04 Å². The van der Waals surface area contributed by atoms with Crippen LogP contribution >= 0.6 is 0 Å². The monoisotopic (exact) mass is 270 g/mol.